The van der Waals surface area contributed by atoms with Gasteiger partial charge < -0.3 is 4.74 Å². The number of fused-ring (bicyclic) bond motifs is 1. The monoisotopic (exact) mass is 332 g/mol. The molecule has 25 heavy (non-hydrogen) atoms. The maximum Gasteiger partial charge on any atom is 0.134 e. The molecule has 1 aliphatic heterocycles. The Hall–Kier alpha value is -2.61. The molecule has 2 heteroatoms. The summed E-state index contributed by atoms with van der Waals surface area (Å²) < 4.78 is 20.9. The van der Waals surface area contributed by atoms with Gasteiger partial charge in [0.1, 0.15) is 17.7 Å². The zero-order chi connectivity index (χ0) is 17.4. The number of hydrogen-bond donors (Lipinski definition) is 0. The second-order valence-corrected chi connectivity index (χ2v) is 6.86. The van der Waals surface area contributed by atoms with E-state index in [1.54, 1.807) is 6.07 Å². The lowest BCUT2D eigenvalue weighted by molar-refractivity contribution is 0.233. The van der Waals surface area contributed by atoms with Gasteiger partial charge >= 0.3 is 0 Å². The molecule has 0 spiro atoms. The van der Waals surface area contributed by atoms with E-state index in [1.807, 2.05) is 37.3 Å². The summed E-state index contributed by atoms with van der Waals surface area (Å²) in [6.07, 6.45) is 1.72. The molecule has 0 N–H and O–H groups in total. The van der Waals surface area contributed by atoms with E-state index in [-0.39, 0.29) is 11.9 Å². The summed E-state index contributed by atoms with van der Waals surface area (Å²) in [7, 11) is 0. The van der Waals surface area contributed by atoms with Crippen LogP contribution in [0.15, 0.2) is 60.7 Å². The molecule has 1 unspecified atom stereocenters. The predicted octanol–water partition coefficient (Wildman–Crippen LogP) is 5.66. The second-order valence-electron chi connectivity index (χ2n) is 6.86. The van der Waals surface area contributed by atoms with Gasteiger partial charge in [0.25, 0.3) is 0 Å². The maximum atomic E-state index is 14.6. The minimum Gasteiger partial charge on any atom is -0.489 e. The van der Waals surface area contributed by atoms with Gasteiger partial charge in [0.2, 0.25) is 0 Å². The van der Waals surface area contributed by atoms with Crippen LogP contribution >= 0.6 is 0 Å². The van der Waals surface area contributed by atoms with E-state index >= 15 is 0 Å². The Kier molecular flexibility index (Phi) is 4.04. The van der Waals surface area contributed by atoms with Crippen LogP contribution in [-0.4, -0.2) is 6.10 Å². The van der Waals surface area contributed by atoms with Crippen molar-refractivity contribution >= 4 is 0 Å². The van der Waals surface area contributed by atoms with Crippen LogP contribution in [0, 0.1) is 19.7 Å². The smallest absolute Gasteiger partial charge is 0.134 e. The third kappa shape index (κ3) is 3.05. The number of rotatable bonds is 3. The summed E-state index contributed by atoms with van der Waals surface area (Å²) in [6, 6.07) is 19.8. The maximum absolute atomic E-state index is 14.6. The molecular formula is C23H21FO. The third-order valence-corrected chi connectivity index (χ3v) is 4.92. The van der Waals surface area contributed by atoms with Crippen LogP contribution in [0.5, 0.6) is 5.75 Å². The minimum absolute atomic E-state index is 0.0577. The predicted molar refractivity (Wildman–Crippen MR) is 99.6 cm³/mol. The van der Waals surface area contributed by atoms with E-state index in [9.17, 15) is 4.39 Å². The van der Waals surface area contributed by atoms with Gasteiger partial charge in [-0.2, -0.15) is 0 Å². The Balaban J connectivity index is 1.66. The van der Waals surface area contributed by atoms with Crippen molar-refractivity contribution in [3.8, 4) is 16.9 Å². The summed E-state index contributed by atoms with van der Waals surface area (Å²) >= 11 is 0. The number of halogens is 1. The molecule has 0 saturated carbocycles. The van der Waals surface area contributed by atoms with Gasteiger partial charge in [-0.15, -0.1) is 0 Å². The van der Waals surface area contributed by atoms with Crippen LogP contribution in [-0.2, 0) is 12.8 Å². The number of hydrogen-bond acceptors (Lipinski definition) is 1. The van der Waals surface area contributed by atoms with Gasteiger partial charge in [-0.1, -0.05) is 60.2 Å². The van der Waals surface area contributed by atoms with E-state index in [1.165, 1.54) is 11.1 Å². The van der Waals surface area contributed by atoms with Crippen molar-refractivity contribution in [1.29, 1.82) is 0 Å². The Labute approximate surface area is 148 Å². The Morgan fingerprint density at radius 1 is 0.960 bits per heavy atom. The van der Waals surface area contributed by atoms with Crippen molar-refractivity contribution in [2.24, 2.45) is 0 Å². The van der Waals surface area contributed by atoms with Gasteiger partial charge in [0.05, 0.1) is 5.56 Å². The number of aryl methyl sites for hydroxylation is 2. The van der Waals surface area contributed by atoms with Crippen LogP contribution in [0.3, 0.4) is 0 Å². The molecule has 4 rings (SSSR count). The first-order chi connectivity index (χ1) is 12.1. The summed E-state index contributed by atoms with van der Waals surface area (Å²) in [6.45, 7) is 4.09. The van der Waals surface area contributed by atoms with Crippen molar-refractivity contribution in [3.05, 3.63) is 88.7 Å². The van der Waals surface area contributed by atoms with Gasteiger partial charge in [0.15, 0.2) is 0 Å². The van der Waals surface area contributed by atoms with E-state index in [2.05, 4.69) is 31.2 Å². The summed E-state index contributed by atoms with van der Waals surface area (Å²) in [5.41, 5.74) is 6.16. The highest BCUT2D eigenvalue weighted by molar-refractivity contribution is 5.76. The van der Waals surface area contributed by atoms with Crippen LogP contribution in [0.1, 0.15) is 22.3 Å². The summed E-state index contributed by atoms with van der Waals surface area (Å²) in [4.78, 5) is 0. The topological polar surface area (TPSA) is 9.23 Å². The molecule has 0 bridgehead atoms. The average molecular weight is 332 g/mol. The van der Waals surface area contributed by atoms with E-state index in [0.717, 1.165) is 29.5 Å². The van der Waals surface area contributed by atoms with Gasteiger partial charge in [0, 0.05) is 12.8 Å². The van der Waals surface area contributed by atoms with Crippen molar-refractivity contribution in [2.75, 3.05) is 0 Å². The molecule has 0 radical (unpaired) electrons. The van der Waals surface area contributed by atoms with E-state index < -0.39 is 0 Å². The normalized spacial score (nSPS) is 15.7. The highest BCUT2D eigenvalue weighted by Gasteiger charge is 2.28. The van der Waals surface area contributed by atoms with Crippen LogP contribution < -0.4 is 4.74 Å². The molecule has 0 fully saturated rings. The molecule has 3 aromatic carbocycles. The Morgan fingerprint density at radius 2 is 1.72 bits per heavy atom. The van der Waals surface area contributed by atoms with Crippen molar-refractivity contribution in [1.82, 2.24) is 0 Å². The van der Waals surface area contributed by atoms with Crippen molar-refractivity contribution < 1.29 is 9.13 Å². The van der Waals surface area contributed by atoms with Crippen LogP contribution in [0.2, 0.25) is 0 Å². The Morgan fingerprint density at radius 3 is 2.48 bits per heavy atom. The Bertz CT molecular complexity index is 912. The van der Waals surface area contributed by atoms with Crippen LogP contribution in [0.25, 0.3) is 11.1 Å². The molecule has 1 atom stereocenters. The van der Waals surface area contributed by atoms with Crippen LogP contribution in [0.4, 0.5) is 4.39 Å². The van der Waals surface area contributed by atoms with Gasteiger partial charge in [-0.25, -0.2) is 4.39 Å². The summed E-state index contributed by atoms with van der Waals surface area (Å²) in [5.74, 6) is 0.496. The molecule has 0 aliphatic carbocycles. The fourth-order valence-electron chi connectivity index (χ4n) is 3.56. The first kappa shape index (κ1) is 15.9. The van der Waals surface area contributed by atoms with E-state index in [0.29, 0.717) is 11.3 Å². The molecule has 1 aliphatic rings. The highest BCUT2D eigenvalue weighted by Crippen LogP contribution is 2.42. The van der Waals surface area contributed by atoms with Crippen molar-refractivity contribution in [3.63, 3.8) is 0 Å². The number of benzene rings is 3. The fraction of sp³-hybridized carbons (Fsp3) is 0.217. The zero-order valence-corrected chi connectivity index (χ0v) is 14.6. The second kappa shape index (κ2) is 6.36. The molecule has 1 nitrogen and oxygen atoms in total. The molecular weight excluding hydrogens is 311 g/mol. The largest absolute Gasteiger partial charge is 0.489 e. The molecule has 0 aromatic heterocycles. The zero-order valence-electron chi connectivity index (χ0n) is 14.6. The van der Waals surface area contributed by atoms with Gasteiger partial charge in [-0.3, -0.25) is 0 Å². The fourth-order valence-corrected chi connectivity index (χ4v) is 3.56. The lowest BCUT2D eigenvalue weighted by atomic mass is 9.96. The molecule has 0 saturated heterocycles. The standard InChI is InChI=1S/C23H21FO/c1-15-7-9-17(10-8-15)13-19-14-18-11-12-21(24)22(23(18)25-19)20-6-4-3-5-16(20)2/h3-12,19H,13-14H2,1-2H3. The lowest BCUT2D eigenvalue weighted by Gasteiger charge is -2.14. The molecule has 3 aromatic rings. The minimum atomic E-state index is -0.218. The number of ether oxygens (including phenoxy) is 1. The quantitative estimate of drug-likeness (QED) is 0.602. The average Bonchev–Trinajstić information content (AvgIpc) is 3.00. The SMILES string of the molecule is Cc1ccc(CC2Cc3ccc(F)c(-c4ccccc4C)c3O2)cc1. The lowest BCUT2D eigenvalue weighted by Crippen LogP contribution is -2.16. The highest BCUT2D eigenvalue weighted by atomic mass is 19.1. The van der Waals surface area contributed by atoms with Crippen molar-refractivity contribution in [2.45, 2.75) is 32.8 Å². The summed E-state index contributed by atoms with van der Waals surface area (Å²) in [5, 5.41) is 0. The molecule has 0 amide bonds. The first-order valence-corrected chi connectivity index (χ1v) is 8.71. The van der Waals surface area contributed by atoms with Gasteiger partial charge in [-0.05, 0) is 42.2 Å². The first-order valence-electron chi connectivity index (χ1n) is 8.71. The molecule has 1 heterocycles. The van der Waals surface area contributed by atoms with E-state index in [4.69, 9.17) is 4.74 Å². The third-order valence-electron chi connectivity index (χ3n) is 4.92. The molecule has 126 valence electrons.